The van der Waals surface area contributed by atoms with Gasteiger partial charge in [-0.15, -0.1) is 0 Å². The van der Waals surface area contributed by atoms with Gasteiger partial charge in [0.15, 0.2) is 0 Å². The maximum Gasteiger partial charge on any atom is 0.312 e. The second-order valence-corrected chi connectivity index (χ2v) is 4.87. The minimum absolute atomic E-state index is 0.0468. The van der Waals surface area contributed by atoms with E-state index in [-0.39, 0.29) is 11.4 Å². The van der Waals surface area contributed by atoms with E-state index in [9.17, 15) is 4.79 Å². The Balaban J connectivity index is 2.10. The summed E-state index contributed by atoms with van der Waals surface area (Å²) >= 11 is 0. The average molecular weight is 233 g/mol. The van der Waals surface area contributed by atoms with Crippen molar-refractivity contribution in [3.63, 3.8) is 0 Å². The van der Waals surface area contributed by atoms with Crippen LogP contribution in [-0.2, 0) is 16.0 Å². The minimum atomic E-state index is -0.251. The first-order valence-corrected chi connectivity index (χ1v) is 6.09. The van der Waals surface area contributed by atoms with Gasteiger partial charge in [-0.05, 0) is 50.3 Å². The molecule has 1 saturated carbocycles. The molecular weight excluding hydrogens is 214 g/mol. The molecule has 0 atom stereocenters. The molecule has 1 aromatic rings. The summed E-state index contributed by atoms with van der Waals surface area (Å²) < 4.78 is 5.13. The number of carbonyl (C=O) groups excluding carboxylic acids is 1. The second kappa shape index (κ2) is 4.40. The fraction of sp³-hybridized carbons (Fsp3) is 0.500. The number of ether oxygens (including phenoxy) is 1. The molecule has 1 fully saturated rings. The number of anilines is 1. The van der Waals surface area contributed by atoms with Gasteiger partial charge in [0.25, 0.3) is 0 Å². The summed E-state index contributed by atoms with van der Waals surface area (Å²) in [4.78, 5) is 11.8. The number of aryl methyl sites for hydroxylation is 1. The van der Waals surface area contributed by atoms with Crippen molar-refractivity contribution in [2.24, 2.45) is 5.41 Å². The summed E-state index contributed by atoms with van der Waals surface area (Å²) in [5.41, 5.74) is 8.57. The fourth-order valence-corrected chi connectivity index (χ4v) is 2.13. The van der Waals surface area contributed by atoms with Gasteiger partial charge in [-0.2, -0.15) is 0 Å². The van der Waals surface area contributed by atoms with Crippen molar-refractivity contribution in [2.75, 3.05) is 12.3 Å². The Morgan fingerprint density at radius 1 is 1.47 bits per heavy atom. The molecule has 0 aliphatic heterocycles. The molecule has 1 aliphatic rings. The van der Waals surface area contributed by atoms with Gasteiger partial charge in [-0.25, -0.2) is 0 Å². The van der Waals surface area contributed by atoms with Crippen molar-refractivity contribution in [3.05, 3.63) is 29.3 Å². The number of nitrogens with two attached hydrogens (primary N) is 1. The standard InChI is InChI=1S/C14H19NO2/c1-3-17-13(16)14(6-7-14)9-11-4-5-12(15)10(2)8-11/h4-5,8H,3,6-7,9,15H2,1-2H3. The van der Waals surface area contributed by atoms with E-state index in [1.54, 1.807) is 0 Å². The third kappa shape index (κ3) is 2.43. The van der Waals surface area contributed by atoms with Gasteiger partial charge in [-0.3, -0.25) is 4.79 Å². The summed E-state index contributed by atoms with van der Waals surface area (Å²) in [6.07, 6.45) is 2.65. The van der Waals surface area contributed by atoms with Gasteiger partial charge < -0.3 is 10.5 Å². The maximum absolute atomic E-state index is 11.8. The highest BCUT2D eigenvalue weighted by atomic mass is 16.5. The number of rotatable bonds is 4. The predicted octanol–water partition coefficient (Wildman–Crippen LogP) is 2.46. The lowest BCUT2D eigenvalue weighted by molar-refractivity contribution is -0.149. The predicted molar refractivity (Wildman–Crippen MR) is 67.6 cm³/mol. The Morgan fingerprint density at radius 3 is 2.71 bits per heavy atom. The van der Waals surface area contributed by atoms with Crippen LogP contribution in [0.15, 0.2) is 18.2 Å². The van der Waals surface area contributed by atoms with Crippen LogP contribution < -0.4 is 5.73 Å². The zero-order valence-corrected chi connectivity index (χ0v) is 10.5. The quantitative estimate of drug-likeness (QED) is 0.642. The second-order valence-electron chi connectivity index (χ2n) is 4.87. The molecule has 0 bridgehead atoms. The molecule has 3 nitrogen and oxygen atoms in total. The van der Waals surface area contributed by atoms with Gasteiger partial charge in [0.05, 0.1) is 12.0 Å². The van der Waals surface area contributed by atoms with Crippen molar-refractivity contribution in [2.45, 2.75) is 33.1 Å². The number of nitrogen functional groups attached to an aromatic ring is 1. The molecule has 0 spiro atoms. The Hall–Kier alpha value is -1.51. The summed E-state index contributed by atoms with van der Waals surface area (Å²) in [5, 5.41) is 0. The number of hydrogen-bond acceptors (Lipinski definition) is 3. The lowest BCUT2D eigenvalue weighted by Crippen LogP contribution is -2.21. The molecule has 2 rings (SSSR count). The van der Waals surface area contributed by atoms with Crippen molar-refractivity contribution in [1.82, 2.24) is 0 Å². The highest BCUT2D eigenvalue weighted by Crippen LogP contribution is 2.49. The van der Waals surface area contributed by atoms with Crippen molar-refractivity contribution < 1.29 is 9.53 Å². The minimum Gasteiger partial charge on any atom is -0.466 e. The van der Waals surface area contributed by atoms with Crippen LogP contribution in [-0.4, -0.2) is 12.6 Å². The Morgan fingerprint density at radius 2 is 2.18 bits per heavy atom. The molecule has 3 heteroatoms. The van der Waals surface area contributed by atoms with Crippen molar-refractivity contribution in [1.29, 1.82) is 0 Å². The SMILES string of the molecule is CCOC(=O)C1(Cc2ccc(N)c(C)c2)CC1. The third-order valence-electron chi connectivity index (χ3n) is 3.44. The molecule has 1 aromatic carbocycles. The van der Waals surface area contributed by atoms with E-state index in [2.05, 4.69) is 6.07 Å². The van der Waals surface area contributed by atoms with Crippen LogP contribution >= 0.6 is 0 Å². The van der Waals surface area contributed by atoms with Crippen LogP contribution in [0, 0.1) is 12.3 Å². The zero-order valence-electron chi connectivity index (χ0n) is 10.5. The van der Waals surface area contributed by atoms with Crippen molar-refractivity contribution in [3.8, 4) is 0 Å². The zero-order chi connectivity index (χ0) is 12.5. The van der Waals surface area contributed by atoms with Crippen LogP contribution in [0.5, 0.6) is 0 Å². The highest BCUT2D eigenvalue weighted by molar-refractivity contribution is 5.80. The number of benzene rings is 1. The van der Waals surface area contributed by atoms with E-state index in [0.29, 0.717) is 6.61 Å². The molecule has 2 N–H and O–H groups in total. The lowest BCUT2D eigenvalue weighted by Gasteiger charge is -2.14. The molecular formula is C14H19NO2. The summed E-state index contributed by atoms with van der Waals surface area (Å²) in [6.45, 7) is 4.30. The largest absolute Gasteiger partial charge is 0.466 e. The molecule has 0 radical (unpaired) electrons. The van der Waals surface area contributed by atoms with Crippen molar-refractivity contribution >= 4 is 11.7 Å². The van der Waals surface area contributed by atoms with E-state index in [0.717, 1.165) is 30.5 Å². The number of carbonyl (C=O) groups is 1. The van der Waals surface area contributed by atoms with Crippen LogP contribution in [0.25, 0.3) is 0 Å². The summed E-state index contributed by atoms with van der Waals surface area (Å²) in [5.74, 6) is -0.0468. The first-order chi connectivity index (χ1) is 8.07. The van der Waals surface area contributed by atoms with Crippen LogP contribution in [0.2, 0.25) is 0 Å². The highest BCUT2D eigenvalue weighted by Gasteiger charge is 2.50. The molecule has 17 heavy (non-hydrogen) atoms. The summed E-state index contributed by atoms with van der Waals surface area (Å²) in [6, 6.07) is 5.97. The topological polar surface area (TPSA) is 52.3 Å². The van der Waals surface area contributed by atoms with Gasteiger partial charge in [0, 0.05) is 5.69 Å². The molecule has 0 saturated heterocycles. The average Bonchev–Trinajstić information content (AvgIpc) is 3.05. The monoisotopic (exact) mass is 233 g/mol. The molecule has 92 valence electrons. The molecule has 0 aromatic heterocycles. The summed E-state index contributed by atoms with van der Waals surface area (Å²) in [7, 11) is 0. The van der Waals surface area contributed by atoms with Crippen LogP contribution in [0.1, 0.15) is 30.9 Å². The van der Waals surface area contributed by atoms with Crippen LogP contribution in [0.4, 0.5) is 5.69 Å². The van der Waals surface area contributed by atoms with Crippen LogP contribution in [0.3, 0.4) is 0 Å². The smallest absolute Gasteiger partial charge is 0.312 e. The van der Waals surface area contributed by atoms with E-state index in [1.165, 1.54) is 5.56 Å². The Kier molecular flexibility index (Phi) is 3.09. The van der Waals surface area contributed by atoms with Gasteiger partial charge in [0.2, 0.25) is 0 Å². The first kappa shape index (κ1) is 12.0. The Labute approximate surface area is 102 Å². The van der Waals surface area contributed by atoms with E-state index < -0.39 is 0 Å². The molecule has 1 aliphatic carbocycles. The molecule has 0 heterocycles. The first-order valence-electron chi connectivity index (χ1n) is 6.09. The number of esters is 1. The Bertz CT molecular complexity index is 436. The fourth-order valence-electron chi connectivity index (χ4n) is 2.13. The van der Waals surface area contributed by atoms with E-state index in [1.807, 2.05) is 26.0 Å². The van der Waals surface area contributed by atoms with Gasteiger partial charge in [-0.1, -0.05) is 12.1 Å². The van der Waals surface area contributed by atoms with Gasteiger partial charge >= 0.3 is 5.97 Å². The lowest BCUT2D eigenvalue weighted by atomic mass is 9.95. The molecule has 0 amide bonds. The number of hydrogen-bond donors (Lipinski definition) is 1. The third-order valence-corrected chi connectivity index (χ3v) is 3.44. The normalized spacial score (nSPS) is 16.6. The maximum atomic E-state index is 11.8. The van der Waals surface area contributed by atoms with E-state index >= 15 is 0 Å². The van der Waals surface area contributed by atoms with Gasteiger partial charge in [0.1, 0.15) is 0 Å². The molecule has 0 unspecified atom stereocenters. The van der Waals surface area contributed by atoms with E-state index in [4.69, 9.17) is 10.5 Å².